The van der Waals surface area contributed by atoms with Crippen LogP contribution in [0.25, 0.3) is 0 Å². The van der Waals surface area contributed by atoms with Gasteiger partial charge in [-0.2, -0.15) is 0 Å². The Kier molecular flexibility index (Phi) is 5.92. The molecule has 0 unspecified atom stereocenters. The number of hydrogen-bond donors (Lipinski definition) is 1. The number of nitrogens with zero attached hydrogens (tertiary/aromatic N) is 3. The van der Waals surface area contributed by atoms with Crippen molar-refractivity contribution >= 4 is 23.5 Å². The van der Waals surface area contributed by atoms with E-state index in [1.165, 1.54) is 0 Å². The third-order valence-corrected chi connectivity index (χ3v) is 5.70. The highest BCUT2D eigenvalue weighted by atomic mass is 32.2. The third kappa shape index (κ3) is 4.54. The van der Waals surface area contributed by atoms with E-state index in [1.807, 2.05) is 30.3 Å². The molecule has 7 heteroatoms. The molecule has 0 saturated carbocycles. The van der Waals surface area contributed by atoms with Crippen molar-refractivity contribution in [3.8, 4) is 0 Å². The van der Waals surface area contributed by atoms with Crippen molar-refractivity contribution in [3.05, 3.63) is 66.9 Å². The Morgan fingerprint density at radius 1 is 1.18 bits per heavy atom. The number of aromatic nitrogens is 2. The van der Waals surface area contributed by atoms with Crippen molar-refractivity contribution in [1.29, 1.82) is 0 Å². The number of furan rings is 1. The van der Waals surface area contributed by atoms with Crippen LogP contribution in [0.2, 0.25) is 0 Å². The molecule has 1 aliphatic heterocycles. The average molecular weight is 395 g/mol. The molecule has 3 aromatic rings. The van der Waals surface area contributed by atoms with Gasteiger partial charge in [0.25, 0.3) is 0 Å². The summed E-state index contributed by atoms with van der Waals surface area (Å²) in [6, 6.07) is 13.8. The predicted octanol–water partition coefficient (Wildman–Crippen LogP) is 3.75. The number of anilines is 1. The van der Waals surface area contributed by atoms with E-state index in [2.05, 4.69) is 32.3 Å². The lowest BCUT2D eigenvalue weighted by atomic mass is 9.97. The Morgan fingerprint density at radius 2 is 2.04 bits per heavy atom. The maximum absolute atomic E-state index is 12.6. The van der Waals surface area contributed by atoms with E-state index in [0.717, 1.165) is 40.9 Å². The summed E-state index contributed by atoms with van der Waals surface area (Å²) in [5.74, 6) is 1.60. The molecule has 0 bridgehead atoms. The second kappa shape index (κ2) is 8.93. The fourth-order valence-electron chi connectivity index (χ4n) is 3.32. The van der Waals surface area contributed by atoms with Crippen LogP contribution in [0.5, 0.6) is 0 Å². The van der Waals surface area contributed by atoms with Crippen LogP contribution in [-0.2, 0) is 11.3 Å². The normalized spacial score (nSPS) is 16.7. The zero-order valence-electron chi connectivity index (χ0n) is 15.5. The molecule has 4 rings (SSSR count). The van der Waals surface area contributed by atoms with Gasteiger partial charge in [0.15, 0.2) is 5.82 Å². The maximum atomic E-state index is 12.6. The number of carbonyl (C=O) groups excluding carboxylic acids is 1. The molecule has 1 amide bonds. The molecule has 144 valence electrons. The topological polar surface area (TPSA) is 71.3 Å². The van der Waals surface area contributed by atoms with E-state index in [1.54, 1.807) is 30.4 Å². The van der Waals surface area contributed by atoms with Gasteiger partial charge in [0.2, 0.25) is 5.91 Å². The monoisotopic (exact) mass is 394 g/mol. The molecule has 3 heterocycles. The van der Waals surface area contributed by atoms with E-state index in [0.29, 0.717) is 13.1 Å². The van der Waals surface area contributed by atoms with Gasteiger partial charge in [-0.25, -0.2) is 9.97 Å². The minimum Gasteiger partial charge on any atom is -0.467 e. The first-order valence-electron chi connectivity index (χ1n) is 9.38. The lowest BCUT2D eigenvalue weighted by Gasteiger charge is -2.33. The van der Waals surface area contributed by atoms with Crippen molar-refractivity contribution in [2.24, 2.45) is 5.92 Å². The highest BCUT2D eigenvalue weighted by Crippen LogP contribution is 2.33. The molecule has 1 fully saturated rings. The van der Waals surface area contributed by atoms with Crippen LogP contribution in [-0.4, -0.2) is 29.0 Å². The second-order valence-corrected chi connectivity index (χ2v) is 7.74. The van der Waals surface area contributed by atoms with E-state index in [9.17, 15) is 4.79 Å². The number of carbonyl (C=O) groups is 1. The Hall–Kier alpha value is -2.80. The molecule has 28 heavy (non-hydrogen) atoms. The van der Waals surface area contributed by atoms with Gasteiger partial charge in [0.1, 0.15) is 10.8 Å². The van der Waals surface area contributed by atoms with Gasteiger partial charge >= 0.3 is 0 Å². The summed E-state index contributed by atoms with van der Waals surface area (Å²) in [4.78, 5) is 25.0. The lowest BCUT2D eigenvalue weighted by molar-refractivity contribution is -0.125. The predicted molar refractivity (Wildman–Crippen MR) is 108 cm³/mol. The highest BCUT2D eigenvalue weighted by molar-refractivity contribution is 7.99. The smallest absolute Gasteiger partial charge is 0.225 e. The first kappa shape index (κ1) is 18.6. The molecule has 1 atom stereocenters. The Balaban J connectivity index is 1.43. The van der Waals surface area contributed by atoms with Crippen LogP contribution < -0.4 is 10.2 Å². The number of hydrogen-bond acceptors (Lipinski definition) is 6. The minimum absolute atomic E-state index is 0.0576. The van der Waals surface area contributed by atoms with E-state index >= 15 is 0 Å². The van der Waals surface area contributed by atoms with Crippen molar-refractivity contribution < 1.29 is 9.21 Å². The molecular formula is C21H22N4O2S. The maximum Gasteiger partial charge on any atom is 0.225 e. The minimum atomic E-state index is -0.0692. The lowest BCUT2D eigenvalue weighted by Crippen LogP contribution is -2.43. The second-order valence-electron chi connectivity index (χ2n) is 6.68. The van der Waals surface area contributed by atoms with E-state index in [4.69, 9.17) is 4.42 Å². The van der Waals surface area contributed by atoms with Crippen molar-refractivity contribution in [2.75, 3.05) is 18.0 Å². The fraction of sp³-hybridized carbons (Fsp3) is 0.286. The summed E-state index contributed by atoms with van der Waals surface area (Å²) < 4.78 is 5.29. The number of rotatable bonds is 6. The standard InChI is InChI=1S/C21H22N4O2S/c26-20(24-14-17-7-5-13-27-17)16-6-4-12-25(15-16)19-21(23-11-10-22-19)28-18-8-2-1-3-9-18/h1-3,5,7-11,13,16H,4,6,12,14-15H2,(H,24,26)/t16-/m0/s1. The average Bonchev–Trinajstić information content (AvgIpc) is 3.27. The van der Waals surface area contributed by atoms with Crippen molar-refractivity contribution in [1.82, 2.24) is 15.3 Å². The summed E-state index contributed by atoms with van der Waals surface area (Å²) in [6.07, 6.45) is 6.87. The highest BCUT2D eigenvalue weighted by Gasteiger charge is 2.28. The van der Waals surface area contributed by atoms with Gasteiger partial charge < -0.3 is 14.6 Å². The zero-order valence-corrected chi connectivity index (χ0v) is 16.3. The molecule has 2 aromatic heterocycles. The number of benzene rings is 1. The third-order valence-electron chi connectivity index (χ3n) is 4.71. The summed E-state index contributed by atoms with van der Waals surface area (Å²) in [5, 5.41) is 3.85. The van der Waals surface area contributed by atoms with Gasteiger partial charge in [0, 0.05) is 30.4 Å². The first-order valence-corrected chi connectivity index (χ1v) is 10.2. The van der Waals surface area contributed by atoms with Gasteiger partial charge in [-0.15, -0.1) is 0 Å². The molecule has 1 N–H and O–H groups in total. The number of amides is 1. The van der Waals surface area contributed by atoms with Crippen LogP contribution >= 0.6 is 11.8 Å². The van der Waals surface area contributed by atoms with Crippen molar-refractivity contribution in [2.45, 2.75) is 29.3 Å². The quantitative estimate of drug-likeness (QED) is 0.687. The molecular weight excluding hydrogens is 372 g/mol. The van der Waals surface area contributed by atoms with Crippen LogP contribution in [0, 0.1) is 5.92 Å². The van der Waals surface area contributed by atoms with Crippen LogP contribution in [0.1, 0.15) is 18.6 Å². The van der Waals surface area contributed by atoms with Crippen molar-refractivity contribution in [3.63, 3.8) is 0 Å². The Labute approximate surface area is 168 Å². The van der Waals surface area contributed by atoms with Gasteiger partial charge in [0.05, 0.1) is 18.7 Å². The van der Waals surface area contributed by atoms with Crippen LogP contribution in [0.4, 0.5) is 5.82 Å². The largest absolute Gasteiger partial charge is 0.467 e. The fourth-order valence-corrected chi connectivity index (χ4v) is 4.23. The molecule has 1 aliphatic rings. The Bertz CT molecular complexity index is 902. The first-order chi connectivity index (χ1) is 13.8. The summed E-state index contributed by atoms with van der Waals surface area (Å²) in [6.45, 7) is 1.94. The summed E-state index contributed by atoms with van der Waals surface area (Å²) >= 11 is 1.60. The molecule has 1 aromatic carbocycles. The van der Waals surface area contributed by atoms with Crippen LogP contribution in [0.15, 0.2) is 75.5 Å². The summed E-state index contributed by atoms with van der Waals surface area (Å²) in [7, 11) is 0. The SMILES string of the molecule is O=C(NCc1ccco1)[C@H]1CCCN(c2nccnc2Sc2ccccc2)C1. The summed E-state index contributed by atoms with van der Waals surface area (Å²) in [5.41, 5.74) is 0. The Morgan fingerprint density at radius 3 is 2.86 bits per heavy atom. The molecule has 0 aliphatic carbocycles. The molecule has 1 saturated heterocycles. The molecule has 6 nitrogen and oxygen atoms in total. The van der Waals surface area contributed by atoms with Crippen LogP contribution in [0.3, 0.4) is 0 Å². The number of nitrogens with one attached hydrogen (secondary N) is 1. The van der Waals surface area contributed by atoms with Gasteiger partial charge in [-0.05, 0) is 37.1 Å². The zero-order chi connectivity index (χ0) is 19.2. The molecule has 0 spiro atoms. The number of piperidine rings is 1. The van der Waals surface area contributed by atoms with E-state index < -0.39 is 0 Å². The van der Waals surface area contributed by atoms with Gasteiger partial charge in [-0.1, -0.05) is 30.0 Å². The van der Waals surface area contributed by atoms with Gasteiger partial charge in [-0.3, -0.25) is 4.79 Å². The molecule has 0 radical (unpaired) electrons. The van der Waals surface area contributed by atoms with E-state index in [-0.39, 0.29) is 11.8 Å².